The van der Waals surface area contributed by atoms with Crippen LogP contribution in [0.15, 0.2) is 0 Å². The molecule has 0 unspecified atom stereocenters. The van der Waals surface area contributed by atoms with Crippen LogP contribution in [0.1, 0.15) is 32.6 Å². The maximum Gasteiger partial charge on any atom is 0.129 e. The molecule has 0 aliphatic carbocycles. The summed E-state index contributed by atoms with van der Waals surface area (Å²) in [6.07, 6.45) is 4.20. The fourth-order valence-electron chi connectivity index (χ4n) is 1.71. The van der Waals surface area contributed by atoms with Crippen LogP contribution in [0.5, 0.6) is 0 Å². The van der Waals surface area contributed by atoms with Crippen LogP contribution in [0.2, 0.25) is 0 Å². The Morgan fingerprint density at radius 3 is 2.57 bits per heavy atom. The van der Waals surface area contributed by atoms with Gasteiger partial charge in [0, 0.05) is 19.5 Å². The van der Waals surface area contributed by atoms with E-state index >= 15 is 0 Å². The summed E-state index contributed by atoms with van der Waals surface area (Å²) in [4.78, 5) is 13.1. The van der Waals surface area contributed by atoms with E-state index in [0.717, 1.165) is 39.1 Å². The van der Waals surface area contributed by atoms with Gasteiger partial charge in [-0.2, -0.15) is 0 Å². The molecule has 14 heavy (non-hydrogen) atoms. The van der Waals surface area contributed by atoms with Crippen molar-refractivity contribution >= 4 is 5.78 Å². The van der Waals surface area contributed by atoms with Crippen molar-refractivity contribution in [2.75, 3.05) is 32.8 Å². The molecular formula is C11H21NO2. The van der Waals surface area contributed by atoms with E-state index in [2.05, 4.69) is 4.90 Å². The van der Waals surface area contributed by atoms with E-state index in [1.165, 1.54) is 19.4 Å². The summed E-state index contributed by atoms with van der Waals surface area (Å²) < 4.78 is 5.27. The van der Waals surface area contributed by atoms with Crippen LogP contribution in [0.4, 0.5) is 0 Å². The number of carbonyl (C=O) groups is 1. The summed E-state index contributed by atoms with van der Waals surface area (Å²) in [6.45, 7) is 6.75. The van der Waals surface area contributed by atoms with Gasteiger partial charge in [0.25, 0.3) is 0 Å². The SMILES string of the molecule is CC(=O)CCCCCN1CCOCC1. The highest BCUT2D eigenvalue weighted by Crippen LogP contribution is 2.04. The summed E-state index contributed by atoms with van der Waals surface area (Å²) in [7, 11) is 0. The number of ketones is 1. The lowest BCUT2D eigenvalue weighted by molar-refractivity contribution is -0.117. The monoisotopic (exact) mass is 199 g/mol. The molecule has 1 fully saturated rings. The first kappa shape index (κ1) is 11.7. The van der Waals surface area contributed by atoms with Crippen LogP contribution in [0.25, 0.3) is 0 Å². The summed E-state index contributed by atoms with van der Waals surface area (Å²) in [5, 5.41) is 0. The number of hydrogen-bond acceptors (Lipinski definition) is 3. The molecule has 0 spiro atoms. The zero-order valence-corrected chi connectivity index (χ0v) is 9.13. The Labute approximate surface area is 86.4 Å². The third-order valence-corrected chi connectivity index (χ3v) is 2.61. The molecule has 1 aliphatic heterocycles. The Bertz CT molecular complexity index is 165. The van der Waals surface area contributed by atoms with Crippen molar-refractivity contribution in [3.05, 3.63) is 0 Å². The topological polar surface area (TPSA) is 29.5 Å². The predicted octanol–water partition coefficient (Wildman–Crippen LogP) is 1.47. The zero-order chi connectivity index (χ0) is 10.2. The number of ether oxygens (including phenoxy) is 1. The van der Waals surface area contributed by atoms with E-state index in [0.29, 0.717) is 5.78 Å². The molecule has 0 amide bonds. The lowest BCUT2D eigenvalue weighted by atomic mass is 10.1. The normalized spacial score (nSPS) is 18.4. The summed E-state index contributed by atoms with van der Waals surface area (Å²) in [5.41, 5.74) is 0. The van der Waals surface area contributed by atoms with Crippen molar-refractivity contribution < 1.29 is 9.53 Å². The second-order valence-electron chi connectivity index (χ2n) is 3.97. The van der Waals surface area contributed by atoms with Crippen LogP contribution >= 0.6 is 0 Å². The minimum Gasteiger partial charge on any atom is -0.379 e. The molecule has 0 radical (unpaired) electrons. The van der Waals surface area contributed by atoms with Gasteiger partial charge in [-0.05, 0) is 26.3 Å². The van der Waals surface area contributed by atoms with E-state index in [9.17, 15) is 4.79 Å². The molecule has 3 heteroatoms. The molecule has 1 heterocycles. The molecule has 0 saturated carbocycles. The quantitative estimate of drug-likeness (QED) is 0.607. The Morgan fingerprint density at radius 1 is 1.21 bits per heavy atom. The number of unbranched alkanes of at least 4 members (excludes halogenated alkanes) is 2. The van der Waals surface area contributed by atoms with Crippen LogP contribution in [-0.4, -0.2) is 43.5 Å². The second kappa shape index (κ2) is 6.96. The molecular weight excluding hydrogens is 178 g/mol. The molecule has 1 rings (SSSR count). The van der Waals surface area contributed by atoms with Crippen molar-refractivity contribution in [2.24, 2.45) is 0 Å². The summed E-state index contributed by atoms with van der Waals surface area (Å²) in [5.74, 6) is 0.316. The molecule has 1 saturated heterocycles. The Balaban J connectivity index is 1.90. The fraction of sp³-hybridized carbons (Fsp3) is 0.909. The molecule has 3 nitrogen and oxygen atoms in total. The van der Waals surface area contributed by atoms with Crippen molar-refractivity contribution in [1.29, 1.82) is 0 Å². The standard InChI is InChI=1S/C11H21NO2/c1-11(13)5-3-2-4-6-12-7-9-14-10-8-12/h2-10H2,1H3. The highest BCUT2D eigenvalue weighted by molar-refractivity contribution is 5.75. The summed E-state index contributed by atoms with van der Waals surface area (Å²) in [6, 6.07) is 0. The van der Waals surface area contributed by atoms with Gasteiger partial charge < -0.3 is 9.53 Å². The number of hydrogen-bond donors (Lipinski definition) is 0. The van der Waals surface area contributed by atoms with E-state index in [1.807, 2.05) is 0 Å². The maximum atomic E-state index is 10.7. The van der Waals surface area contributed by atoms with E-state index in [4.69, 9.17) is 4.74 Å². The minimum absolute atomic E-state index is 0.316. The van der Waals surface area contributed by atoms with E-state index < -0.39 is 0 Å². The van der Waals surface area contributed by atoms with Crippen LogP contribution < -0.4 is 0 Å². The Kier molecular flexibility index (Phi) is 5.80. The van der Waals surface area contributed by atoms with Crippen molar-refractivity contribution in [3.63, 3.8) is 0 Å². The number of morpholine rings is 1. The lowest BCUT2D eigenvalue weighted by Crippen LogP contribution is -2.36. The molecule has 1 aliphatic rings. The van der Waals surface area contributed by atoms with Gasteiger partial charge in [-0.1, -0.05) is 6.42 Å². The predicted molar refractivity (Wildman–Crippen MR) is 56.4 cm³/mol. The molecule has 0 atom stereocenters. The first-order valence-corrected chi connectivity index (χ1v) is 5.58. The highest BCUT2D eigenvalue weighted by atomic mass is 16.5. The molecule has 0 aromatic heterocycles. The summed E-state index contributed by atoms with van der Waals surface area (Å²) >= 11 is 0. The lowest BCUT2D eigenvalue weighted by Gasteiger charge is -2.26. The van der Waals surface area contributed by atoms with Gasteiger partial charge >= 0.3 is 0 Å². The number of rotatable bonds is 6. The third-order valence-electron chi connectivity index (χ3n) is 2.61. The first-order valence-electron chi connectivity index (χ1n) is 5.58. The fourth-order valence-corrected chi connectivity index (χ4v) is 1.71. The number of carbonyl (C=O) groups excluding carboxylic acids is 1. The largest absolute Gasteiger partial charge is 0.379 e. The number of nitrogens with zero attached hydrogens (tertiary/aromatic N) is 1. The minimum atomic E-state index is 0.316. The first-order chi connectivity index (χ1) is 6.79. The van der Waals surface area contributed by atoms with Crippen LogP contribution in [0, 0.1) is 0 Å². The van der Waals surface area contributed by atoms with Crippen molar-refractivity contribution in [1.82, 2.24) is 4.90 Å². The maximum absolute atomic E-state index is 10.7. The van der Waals surface area contributed by atoms with Gasteiger partial charge in [-0.15, -0.1) is 0 Å². The van der Waals surface area contributed by atoms with Gasteiger partial charge in [0.15, 0.2) is 0 Å². The van der Waals surface area contributed by atoms with E-state index in [-0.39, 0.29) is 0 Å². The van der Waals surface area contributed by atoms with Gasteiger partial charge in [0.05, 0.1) is 13.2 Å². The third kappa shape index (κ3) is 5.35. The van der Waals surface area contributed by atoms with Gasteiger partial charge in [-0.3, -0.25) is 4.90 Å². The molecule has 82 valence electrons. The average molecular weight is 199 g/mol. The van der Waals surface area contributed by atoms with Crippen molar-refractivity contribution in [3.8, 4) is 0 Å². The van der Waals surface area contributed by atoms with Gasteiger partial charge in [0.2, 0.25) is 0 Å². The molecule has 0 N–H and O–H groups in total. The average Bonchev–Trinajstić information content (AvgIpc) is 2.18. The van der Waals surface area contributed by atoms with Crippen LogP contribution in [-0.2, 0) is 9.53 Å². The van der Waals surface area contributed by atoms with Gasteiger partial charge in [0.1, 0.15) is 5.78 Å². The molecule has 0 bridgehead atoms. The second-order valence-corrected chi connectivity index (χ2v) is 3.97. The number of Topliss-reactive ketones (excluding diaryl/α,β-unsaturated/α-hetero) is 1. The van der Waals surface area contributed by atoms with Crippen molar-refractivity contribution in [2.45, 2.75) is 32.6 Å². The van der Waals surface area contributed by atoms with Crippen LogP contribution in [0.3, 0.4) is 0 Å². The Hall–Kier alpha value is -0.410. The Morgan fingerprint density at radius 2 is 1.93 bits per heavy atom. The van der Waals surface area contributed by atoms with E-state index in [1.54, 1.807) is 6.92 Å². The highest BCUT2D eigenvalue weighted by Gasteiger charge is 2.08. The molecule has 0 aromatic rings. The zero-order valence-electron chi connectivity index (χ0n) is 9.13. The molecule has 0 aromatic carbocycles. The smallest absolute Gasteiger partial charge is 0.129 e. The van der Waals surface area contributed by atoms with Gasteiger partial charge in [-0.25, -0.2) is 0 Å².